The summed E-state index contributed by atoms with van der Waals surface area (Å²) in [5.74, 6) is 1.90. The van der Waals surface area contributed by atoms with Gasteiger partial charge in [0.15, 0.2) is 11.0 Å². The predicted molar refractivity (Wildman–Crippen MR) is 220 cm³/mol. The van der Waals surface area contributed by atoms with Crippen LogP contribution in [-0.2, 0) is 16.2 Å². The first-order chi connectivity index (χ1) is 25.5. The van der Waals surface area contributed by atoms with Crippen LogP contribution in [0.2, 0.25) is 0 Å². The van der Waals surface area contributed by atoms with Gasteiger partial charge >= 0.3 is 0 Å². The molecule has 0 aliphatic carbocycles. The zero-order valence-corrected chi connectivity index (χ0v) is 32.7. The largest absolute Gasteiger partial charge is 0.457 e. The standard InChI is InChI=1S/C48H48FN4O/c1-46(2,3)31-21-22-50-45(26-31)53-41-20-17-34(49)27-40(41)39-19-18-38(29-44(39)53)54-37-14-12-13-35(28-37)51-30-52(43-16-11-10-15-42(43)51)36-24-32(47(4,5)6)23-33(25-36)48(7,8)9/h10-30H,1-9H3/q+1. The van der Waals surface area contributed by atoms with Crippen molar-refractivity contribution in [2.45, 2.75) is 78.6 Å². The fourth-order valence-electron chi connectivity index (χ4n) is 7.26. The third-order valence-electron chi connectivity index (χ3n) is 10.4. The molecular formula is C48H48FN4O+. The number of hydrogen-bond acceptors (Lipinski definition) is 2. The second kappa shape index (κ2) is 12.7. The Kier molecular flexibility index (Phi) is 8.29. The van der Waals surface area contributed by atoms with Gasteiger partial charge in [0.25, 0.3) is 6.33 Å². The van der Waals surface area contributed by atoms with Crippen molar-refractivity contribution in [1.29, 1.82) is 0 Å². The van der Waals surface area contributed by atoms with Gasteiger partial charge in [-0.3, -0.25) is 4.57 Å². The zero-order valence-electron chi connectivity index (χ0n) is 32.7. The smallest absolute Gasteiger partial charge is 0.255 e. The molecule has 5 nitrogen and oxygen atoms in total. The predicted octanol–water partition coefficient (Wildman–Crippen LogP) is 12.2. The second-order valence-electron chi connectivity index (χ2n) is 17.5. The van der Waals surface area contributed by atoms with Crippen molar-refractivity contribution in [3.8, 4) is 28.7 Å². The summed E-state index contributed by atoms with van der Waals surface area (Å²) < 4.78 is 27.9. The van der Waals surface area contributed by atoms with E-state index in [1.54, 1.807) is 6.07 Å². The van der Waals surface area contributed by atoms with Crippen LogP contribution in [0.1, 0.15) is 79.0 Å². The van der Waals surface area contributed by atoms with Crippen molar-refractivity contribution in [2.75, 3.05) is 0 Å². The van der Waals surface area contributed by atoms with Gasteiger partial charge in [0.05, 0.1) is 11.0 Å². The summed E-state index contributed by atoms with van der Waals surface area (Å²) in [6.07, 6.45) is 4.03. The Morgan fingerprint density at radius 2 is 1.28 bits per heavy atom. The van der Waals surface area contributed by atoms with Gasteiger partial charge in [-0.2, -0.15) is 9.13 Å². The molecule has 5 aromatic carbocycles. The minimum Gasteiger partial charge on any atom is -0.457 e. The summed E-state index contributed by atoms with van der Waals surface area (Å²) in [5.41, 5.74) is 9.86. The van der Waals surface area contributed by atoms with E-state index in [-0.39, 0.29) is 22.1 Å². The van der Waals surface area contributed by atoms with E-state index in [0.717, 1.165) is 50.0 Å². The van der Waals surface area contributed by atoms with Crippen LogP contribution >= 0.6 is 0 Å². The number of aromatic nitrogens is 4. The summed E-state index contributed by atoms with van der Waals surface area (Å²) in [7, 11) is 0. The van der Waals surface area contributed by atoms with Crippen molar-refractivity contribution in [2.24, 2.45) is 0 Å². The number of imidazole rings is 1. The average Bonchev–Trinajstić information content (AvgIpc) is 3.66. The van der Waals surface area contributed by atoms with Crippen molar-refractivity contribution in [1.82, 2.24) is 14.1 Å². The molecule has 0 bridgehead atoms. The lowest BCUT2D eigenvalue weighted by Crippen LogP contribution is -2.31. The lowest BCUT2D eigenvalue weighted by molar-refractivity contribution is -0.567. The van der Waals surface area contributed by atoms with Gasteiger partial charge in [-0.15, -0.1) is 0 Å². The van der Waals surface area contributed by atoms with Crippen molar-refractivity contribution >= 4 is 32.8 Å². The number of hydrogen-bond donors (Lipinski definition) is 0. The molecule has 0 N–H and O–H groups in total. The molecule has 8 aromatic rings. The Morgan fingerprint density at radius 3 is 2.00 bits per heavy atom. The fourth-order valence-corrected chi connectivity index (χ4v) is 7.26. The van der Waals surface area contributed by atoms with Gasteiger partial charge in [0.2, 0.25) is 0 Å². The molecule has 3 aromatic heterocycles. The summed E-state index contributed by atoms with van der Waals surface area (Å²) >= 11 is 0. The fraction of sp³-hybridized carbons (Fsp3) is 0.250. The molecule has 0 aliphatic heterocycles. The molecule has 0 fully saturated rings. The topological polar surface area (TPSA) is 35.9 Å². The maximum atomic E-state index is 14.6. The molecule has 0 radical (unpaired) electrons. The van der Waals surface area contributed by atoms with E-state index < -0.39 is 0 Å². The number of para-hydroxylation sites is 2. The zero-order chi connectivity index (χ0) is 38.2. The molecule has 0 spiro atoms. The summed E-state index contributed by atoms with van der Waals surface area (Å²) in [6, 6.07) is 38.8. The Hall–Kier alpha value is -5.75. The van der Waals surface area contributed by atoms with Crippen LogP contribution in [0.15, 0.2) is 128 Å². The van der Waals surface area contributed by atoms with E-state index in [9.17, 15) is 4.39 Å². The molecule has 54 heavy (non-hydrogen) atoms. The minimum atomic E-state index is -0.273. The quantitative estimate of drug-likeness (QED) is 0.166. The first-order valence-corrected chi connectivity index (χ1v) is 18.7. The maximum absolute atomic E-state index is 14.6. The molecule has 8 rings (SSSR count). The monoisotopic (exact) mass is 715 g/mol. The Morgan fingerprint density at radius 1 is 0.574 bits per heavy atom. The van der Waals surface area contributed by atoms with Crippen LogP contribution in [0.3, 0.4) is 0 Å². The summed E-state index contributed by atoms with van der Waals surface area (Å²) in [5, 5.41) is 1.76. The number of halogens is 1. The third-order valence-corrected chi connectivity index (χ3v) is 10.4. The van der Waals surface area contributed by atoms with Crippen LogP contribution in [0, 0.1) is 5.82 Å². The summed E-state index contributed by atoms with van der Waals surface area (Å²) in [4.78, 5) is 4.78. The van der Waals surface area contributed by atoms with Gasteiger partial charge in [0, 0.05) is 29.1 Å². The summed E-state index contributed by atoms with van der Waals surface area (Å²) in [6.45, 7) is 20.2. The molecule has 0 saturated heterocycles. The van der Waals surface area contributed by atoms with E-state index in [0.29, 0.717) is 11.5 Å². The molecule has 0 saturated carbocycles. The third kappa shape index (κ3) is 6.44. The van der Waals surface area contributed by atoms with E-state index >= 15 is 0 Å². The average molecular weight is 716 g/mol. The molecule has 0 atom stereocenters. The SMILES string of the molecule is CC(C)(C)c1cc(-[n+]2cn(-c3cccc(Oc4ccc5c6cc(F)ccc6n(-c6cc(C(C)(C)C)ccn6)c5c4)c3)c3ccccc32)cc(C(C)(C)C)c1. The van der Waals surface area contributed by atoms with Crippen LogP contribution in [0.5, 0.6) is 11.5 Å². The molecule has 6 heteroatoms. The van der Waals surface area contributed by atoms with Crippen LogP contribution in [0.25, 0.3) is 50.0 Å². The highest BCUT2D eigenvalue weighted by molar-refractivity contribution is 6.09. The van der Waals surface area contributed by atoms with Crippen molar-refractivity contribution in [3.63, 3.8) is 0 Å². The minimum absolute atomic E-state index is 0.00114. The Bertz CT molecular complexity index is 2680. The molecule has 3 heterocycles. The number of rotatable bonds is 5. The normalized spacial score (nSPS) is 12.6. The lowest BCUT2D eigenvalue weighted by Gasteiger charge is -2.25. The van der Waals surface area contributed by atoms with Gasteiger partial charge in [-0.05, 0) is 112 Å². The van der Waals surface area contributed by atoms with Crippen molar-refractivity contribution in [3.05, 3.63) is 150 Å². The van der Waals surface area contributed by atoms with E-state index in [1.807, 2.05) is 42.6 Å². The second-order valence-corrected chi connectivity index (χ2v) is 17.5. The van der Waals surface area contributed by atoms with Gasteiger partial charge in [-0.1, -0.05) is 86.6 Å². The Balaban J connectivity index is 1.22. The van der Waals surface area contributed by atoms with Gasteiger partial charge in [0.1, 0.15) is 34.5 Å². The van der Waals surface area contributed by atoms with E-state index in [1.165, 1.54) is 22.8 Å². The molecular weight excluding hydrogens is 668 g/mol. The van der Waals surface area contributed by atoms with Crippen LogP contribution in [0.4, 0.5) is 4.39 Å². The molecule has 272 valence electrons. The number of nitrogens with zero attached hydrogens (tertiary/aromatic N) is 4. The number of fused-ring (bicyclic) bond motifs is 4. The van der Waals surface area contributed by atoms with Gasteiger partial charge < -0.3 is 4.74 Å². The first-order valence-electron chi connectivity index (χ1n) is 18.7. The molecule has 0 amide bonds. The van der Waals surface area contributed by atoms with E-state index in [2.05, 4.69) is 149 Å². The number of benzene rings is 5. The number of ether oxygens (including phenoxy) is 1. The number of pyridine rings is 1. The highest BCUT2D eigenvalue weighted by atomic mass is 19.1. The van der Waals surface area contributed by atoms with Crippen LogP contribution < -0.4 is 9.30 Å². The lowest BCUT2D eigenvalue weighted by atomic mass is 9.80. The highest BCUT2D eigenvalue weighted by Gasteiger charge is 2.25. The van der Waals surface area contributed by atoms with Crippen molar-refractivity contribution < 1.29 is 13.7 Å². The molecule has 0 aliphatic rings. The maximum Gasteiger partial charge on any atom is 0.255 e. The van der Waals surface area contributed by atoms with Crippen LogP contribution in [-0.4, -0.2) is 14.1 Å². The van der Waals surface area contributed by atoms with E-state index in [4.69, 9.17) is 9.72 Å². The Labute approximate surface area is 317 Å². The van der Waals surface area contributed by atoms with Gasteiger partial charge in [-0.25, -0.2) is 9.37 Å². The molecule has 0 unspecified atom stereocenters. The first kappa shape index (κ1) is 35.3. The highest BCUT2D eigenvalue weighted by Crippen LogP contribution is 2.37.